The molecular weight excluding hydrogens is 502 g/mol. The fourth-order valence-electron chi connectivity index (χ4n) is 7.20. The molecule has 0 aromatic heterocycles. The molecule has 6 heteroatoms. The normalized spacial score (nSPS) is 28.1. The van der Waals surface area contributed by atoms with Crippen LogP contribution in [0.1, 0.15) is 22.3 Å². The summed E-state index contributed by atoms with van der Waals surface area (Å²) in [5.74, 6) is -1.36. The smallest absolute Gasteiger partial charge is 0.330 e. The van der Waals surface area contributed by atoms with Gasteiger partial charge in [-0.3, -0.25) is 19.3 Å². The van der Waals surface area contributed by atoms with Crippen LogP contribution in [0.3, 0.4) is 0 Å². The van der Waals surface area contributed by atoms with Crippen molar-refractivity contribution in [1.82, 2.24) is 4.90 Å². The van der Waals surface area contributed by atoms with E-state index in [1.165, 1.54) is 4.90 Å². The van der Waals surface area contributed by atoms with Gasteiger partial charge in [0.2, 0.25) is 11.8 Å². The average molecular weight is 532 g/mol. The molecule has 0 radical (unpaired) electrons. The number of ketones is 1. The Morgan fingerprint density at radius 1 is 0.750 bits per heavy atom. The number of allylic oxidation sites excluding steroid dienone is 2. The summed E-state index contributed by atoms with van der Waals surface area (Å²) in [6.07, 6.45) is 5.44. The first-order chi connectivity index (χ1) is 19.5. The summed E-state index contributed by atoms with van der Waals surface area (Å²) in [5.41, 5.74) is 3.25. The molecule has 1 saturated heterocycles. The van der Waals surface area contributed by atoms with Crippen molar-refractivity contribution in [2.75, 3.05) is 6.61 Å². The van der Waals surface area contributed by atoms with E-state index in [1.54, 1.807) is 12.1 Å². The molecule has 1 aliphatic heterocycles. The maximum Gasteiger partial charge on any atom is 0.330 e. The van der Waals surface area contributed by atoms with Crippen LogP contribution in [0.15, 0.2) is 97.1 Å². The second kappa shape index (κ2) is 9.70. The molecule has 2 bridgehead atoms. The van der Waals surface area contributed by atoms with Gasteiger partial charge in [-0.2, -0.15) is 0 Å². The molecular formula is C34H29NO5. The molecule has 5 aliphatic rings. The van der Waals surface area contributed by atoms with Crippen molar-refractivity contribution >= 4 is 23.6 Å². The van der Waals surface area contributed by atoms with Gasteiger partial charge in [0, 0.05) is 12.0 Å². The second-order valence-electron chi connectivity index (χ2n) is 11.4. The number of likely N-dealkylation sites (tertiary alicyclic amines) is 1. The number of carbonyl (C=O) groups is 4. The number of esters is 1. The van der Waals surface area contributed by atoms with E-state index >= 15 is 0 Å². The quantitative estimate of drug-likeness (QED) is 0.182. The van der Waals surface area contributed by atoms with Crippen molar-refractivity contribution in [3.8, 4) is 11.1 Å². The van der Waals surface area contributed by atoms with Crippen molar-refractivity contribution < 1.29 is 23.9 Å². The molecule has 3 fully saturated rings. The van der Waals surface area contributed by atoms with Gasteiger partial charge in [0.05, 0.1) is 11.8 Å². The van der Waals surface area contributed by atoms with Crippen molar-refractivity contribution in [2.24, 2.45) is 35.5 Å². The van der Waals surface area contributed by atoms with Crippen LogP contribution in [0.2, 0.25) is 0 Å². The van der Waals surface area contributed by atoms with Gasteiger partial charge in [-0.15, -0.1) is 0 Å². The lowest BCUT2D eigenvalue weighted by Crippen LogP contribution is -2.48. The van der Waals surface area contributed by atoms with E-state index in [0.717, 1.165) is 23.1 Å². The molecule has 2 saturated carbocycles. The minimum atomic E-state index is -1.11. The van der Waals surface area contributed by atoms with Crippen LogP contribution in [0.5, 0.6) is 0 Å². The van der Waals surface area contributed by atoms with Gasteiger partial charge in [0.15, 0.2) is 12.4 Å². The van der Waals surface area contributed by atoms with Gasteiger partial charge in [-0.1, -0.05) is 97.1 Å². The molecule has 7 atom stereocenters. The Labute approximate surface area is 232 Å². The number of carbonyl (C=O) groups excluding carboxylic acids is 4. The predicted molar refractivity (Wildman–Crippen MR) is 148 cm³/mol. The topological polar surface area (TPSA) is 80.8 Å². The molecule has 40 heavy (non-hydrogen) atoms. The Kier molecular flexibility index (Phi) is 5.99. The molecule has 2 amide bonds. The van der Waals surface area contributed by atoms with Crippen LogP contribution in [0, 0.1) is 35.5 Å². The standard InChI is InChI=1S/C34H29NO5/c36-29(23-13-11-22(12-14-23)21-9-5-2-6-10-21)19-40-34(39)28(17-20-7-3-1-4-8-20)35-32(37)30-24-15-16-25(27-18-26(24)27)31(30)33(35)38/h1-16,24-28,30-31H,17-19H2/t24-,25+,26-,27+,28-,30+,31-/m1/s1. The monoisotopic (exact) mass is 531 g/mol. The first kappa shape index (κ1) is 24.7. The Hall–Kier alpha value is -4.32. The van der Waals surface area contributed by atoms with E-state index in [2.05, 4.69) is 12.2 Å². The Morgan fingerprint density at radius 3 is 1.90 bits per heavy atom. The molecule has 4 aliphatic carbocycles. The molecule has 0 N–H and O–H groups in total. The molecule has 1 heterocycles. The highest BCUT2D eigenvalue weighted by Crippen LogP contribution is 2.65. The van der Waals surface area contributed by atoms with Crippen LogP contribution in [0.25, 0.3) is 11.1 Å². The van der Waals surface area contributed by atoms with Crippen molar-refractivity contribution in [3.63, 3.8) is 0 Å². The molecule has 3 aromatic carbocycles. The maximum atomic E-state index is 13.7. The number of benzene rings is 3. The van der Waals surface area contributed by atoms with E-state index in [9.17, 15) is 19.2 Å². The molecule has 6 nitrogen and oxygen atoms in total. The van der Waals surface area contributed by atoms with Gasteiger partial charge in [0.25, 0.3) is 0 Å². The fraction of sp³-hybridized carbons (Fsp3) is 0.294. The highest BCUT2D eigenvalue weighted by molar-refractivity contribution is 6.09. The van der Waals surface area contributed by atoms with Gasteiger partial charge < -0.3 is 4.74 Å². The number of imide groups is 1. The van der Waals surface area contributed by atoms with Crippen LogP contribution >= 0.6 is 0 Å². The highest BCUT2D eigenvalue weighted by Gasteiger charge is 2.68. The SMILES string of the molecule is O=C(COC(=O)[C@@H](Cc1ccccc1)N1C(=O)[C@@H]2[C@H]3C=C[C@H]([C@H]4C[C@@H]34)[C@@H]2C1=O)c1ccc(-c2ccccc2)cc1. The van der Waals surface area contributed by atoms with Gasteiger partial charge in [0.1, 0.15) is 6.04 Å². The van der Waals surface area contributed by atoms with E-state index in [4.69, 9.17) is 4.74 Å². The summed E-state index contributed by atoms with van der Waals surface area (Å²) >= 11 is 0. The third kappa shape index (κ3) is 4.10. The van der Waals surface area contributed by atoms with Crippen LogP contribution in [-0.4, -0.2) is 41.1 Å². The predicted octanol–water partition coefficient (Wildman–Crippen LogP) is 4.74. The molecule has 200 valence electrons. The number of ether oxygens (including phenoxy) is 1. The van der Waals surface area contributed by atoms with Crippen LogP contribution in [0.4, 0.5) is 0 Å². The summed E-state index contributed by atoms with van der Waals surface area (Å²) in [4.78, 5) is 55.1. The van der Waals surface area contributed by atoms with Crippen molar-refractivity contribution in [2.45, 2.75) is 18.9 Å². The number of hydrogen-bond acceptors (Lipinski definition) is 5. The lowest BCUT2D eigenvalue weighted by atomic mass is 9.63. The van der Waals surface area contributed by atoms with E-state index in [-0.39, 0.29) is 35.9 Å². The Balaban J connectivity index is 1.09. The van der Waals surface area contributed by atoms with Gasteiger partial charge >= 0.3 is 5.97 Å². The van der Waals surface area contributed by atoms with Crippen LogP contribution < -0.4 is 0 Å². The zero-order chi connectivity index (χ0) is 27.4. The molecule has 3 aromatic rings. The van der Waals surface area contributed by atoms with Crippen molar-refractivity contribution in [1.29, 1.82) is 0 Å². The first-order valence-electron chi connectivity index (χ1n) is 14.0. The molecule has 8 rings (SSSR count). The third-order valence-electron chi connectivity index (χ3n) is 9.21. The molecule has 0 spiro atoms. The Bertz CT molecular complexity index is 1480. The zero-order valence-corrected chi connectivity index (χ0v) is 21.9. The summed E-state index contributed by atoms with van der Waals surface area (Å²) in [7, 11) is 0. The summed E-state index contributed by atoms with van der Waals surface area (Å²) < 4.78 is 5.52. The van der Waals surface area contributed by atoms with E-state index < -0.39 is 30.5 Å². The van der Waals surface area contributed by atoms with Crippen LogP contribution in [-0.2, 0) is 25.5 Å². The number of Topliss-reactive ketones (excluding diaryl/α,β-unsaturated/α-hetero) is 1. The largest absolute Gasteiger partial charge is 0.456 e. The fourth-order valence-corrected chi connectivity index (χ4v) is 7.20. The Morgan fingerprint density at radius 2 is 1.30 bits per heavy atom. The summed E-state index contributed by atoms with van der Waals surface area (Å²) in [6, 6.07) is 25.2. The lowest BCUT2D eigenvalue weighted by molar-refractivity contribution is -0.158. The lowest BCUT2D eigenvalue weighted by Gasteiger charge is -2.37. The van der Waals surface area contributed by atoms with E-state index in [0.29, 0.717) is 17.4 Å². The van der Waals surface area contributed by atoms with Gasteiger partial charge in [-0.25, -0.2) is 4.79 Å². The zero-order valence-electron chi connectivity index (χ0n) is 21.9. The number of rotatable bonds is 8. The first-order valence-corrected chi connectivity index (χ1v) is 14.0. The van der Waals surface area contributed by atoms with E-state index in [1.807, 2.05) is 72.8 Å². The maximum absolute atomic E-state index is 13.7. The summed E-state index contributed by atoms with van der Waals surface area (Å²) in [6.45, 7) is -0.463. The third-order valence-corrected chi connectivity index (χ3v) is 9.21. The summed E-state index contributed by atoms with van der Waals surface area (Å²) in [5, 5.41) is 0. The number of nitrogens with zero attached hydrogens (tertiary/aromatic N) is 1. The minimum Gasteiger partial charge on any atom is -0.456 e. The minimum absolute atomic E-state index is 0.0651. The molecule has 0 unspecified atom stereocenters. The second-order valence-corrected chi connectivity index (χ2v) is 11.4. The van der Waals surface area contributed by atoms with Gasteiger partial charge in [-0.05, 0) is 46.8 Å². The average Bonchev–Trinajstić information content (AvgIpc) is 3.78. The highest BCUT2D eigenvalue weighted by atomic mass is 16.5. The van der Waals surface area contributed by atoms with Crippen molar-refractivity contribution in [3.05, 3.63) is 108 Å². The number of hydrogen-bond donors (Lipinski definition) is 0. The number of amides is 2.